The molecule has 0 atom stereocenters. The van der Waals surface area contributed by atoms with E-state index in [0.29, 0.717) is 0 Å². The van der Waals surface area contributed by atoms with Crippen LogP contribution in [0.25, 0.3) is 0 Å². The Morgan fingerprint density at radius 1 is 1.31 bits per heavy atom. The zero-order valence-corrected chi connectivity index (χ0v) is 10.9. The second-order valence-corrected chi connectivity index (χ2v) is 7.90. The van der Waals surface area contributed by atoms with E-state index in [0.717, 1.165) is 10.6 Å². The lowest BCUT2D eigenvalue weighted by molar-refractivity contribution is 0.439. The van der Waals surface area contributed by atoms with Gasteiger partial charge in [0, 0.05) is 25.8 Å². The van der Waals surface area contributed by atoms with Crippen molar-refractivity contribution in [1.29, 1.82) is 5.41 Å². The van der Waals surface area contributed by atoms with E-state index < -0.39 is 24.9 Å². The molecule has 0 heterocycles. The van der Waals surface area contributed by atoms with Crippen LogP contribution in [0.3, 0.4) is 0 Å². The van der Waals surface area contributed by atoms with Crippen molar-refractivity contribution in [2.75, 3.05) is 24.4 Å². The van der Waals surface area contributed by atoms with E-state index in [4.69, 9.17) is 11.1 Å². The van der Waals surface area contributed by atoms with Gasteiger partial charge < -0.3 is 5.73 Å². The second-order valence-electron chi connectivity index (χ2n) is 3.42. The molecule has 0 aromatic heterocycles. The van der Waals surface area contributed by atoms with Crippen LogP contribution in [0.4, 0.5) is 0 Å². The first-order valence-corrected chi connectivity index (χ1v) is 8.24. The molecule has 0 aromatic rings. The number of sulfone groups is 1. The number of rotatable bonds is 7. The third-order valence-corrected chi connectivity index (χ3v) is 5.87. The molecule has 0 bridgehead atoms. The van der Waals surface area contributed by atoms with Crippen LogP contribution in [0.1, 0.15) is 13.3 Å². The van der Waals surface area contributed by atoms with Crippen molar-refractivity contribution in [3.63, 3.8) is 0 Å². The second kappa shape index (κ2) is 5.60. The Morgan fingerprint density at radius 3 is 2.12 bits per heavy atom. The first-order valence-electron chi connectivity index (χ1n) is 4.57. The molecule has 9 heteroatoms. The fraction of sp³-hybridized carbons (Fsp3) is 0.857. The number of amidine groups is 1. The molecular weight excluding hydrogens is 254 g/mol. The van der Waals surface area contributed by atoms with Crippen LogP contribution in [0.15, 0.2) is 0 Å². The van der Waals surface area contributed by atoms with E-state index in [-0.39, 0.29) is 25.3 Å². The van der Waals surface area contributed by atoms with E-state index in [2.05, 4.69) is 0 Å². The van der Waals surface area contributed by atoms with E-state index in [1.807, 2.05) is 0 Å². The molecule has 0 aliphatic rings. The standard InChI is InChI=1S/C7H17N3O4S2/c1-3-10(5-4-7(8)9)16(13,14)6-15(2,11)12/h3-6H2,1-2H3,(H3,8,9). The molecule has 0 unspecified atom stereocenters. The minimum absolute atomic E-state index is 0.0314. The van der Waals surface area contributed by atoms with Crippen molar-refractivity contribution >= 4 is 25.7 Å². The van der Waals surface area contributed by atoms with E-state index in [9.17, 15) is 16.8 Å². The number of nitrogens with two attached hydrogens (primary N) is 1. The van der Waals surface area contributed by atoms with Crippen LogP contribution in [0.5, 0.6) is 0 Å². The topological polar surface area (TPSA) is 121 Å². The molecule has 16 heavy (non-hydrogen) atoms. The zero-order valence-electron chi connectivity index (χ0n) is 9.30. The molecule has 0 aromatic carbocycles. The number of nitrogens with one attached hydrogen (secondary N) is 1. The van der Waals surface area contributed by atoms with E-state index in [1.54, 1.807) is 6.92 Å². The van der Waals surface area contributed by atoms with Crippen LogP contribution in [-0.2, 0) is 19.9 Å². The Kier molecular flexibility index (Phi) is 5.36. The van der Waals surface area contributed by atoms with Crippen molar-refractivity contribution in [3.8, 4) is 0 Å². The molecule has 0 rings (SSSR count). The normalized spacial score (nSPS) is 12.9. The van der Waals surface area contributed by atoms with Crippen molar-refractivity contribution < 1.29 is 16.8 Å². The highest BCUT2D eigenvalue weighted by molar-refractivity contribution is 8.06. The summed E-state index contributed by atoms with van der Waals surface area (Å²) in [6.45, 7) is 1.79. The minimum Gasteiger partial charge on any atom is -0.388 e. The highest BCUT2D eigenvalue weighted by atomic mass is 32.3. The molecule has 0 saturated heterocycles. The Morgan fingerprint density at radius 2 is 1.81 bits per heavy atom. The van der Waals surface area contributed by atoms with Gasteiger partial charge in [-0.25, -0.2) is 21.1 Å². The fourth-order valence-electron chi connectivity index (χ4n) is 1.08. The quantitative estimate of drug-likeness (QED) is 0.453. The predicted octanol–water partition coefficient (Wildman–Crippen LogP) is -1.03. The van der Waals surface area contributed by atoms with Crippen LogP contribution >= 0.6 is 0 Å². The molecule has 7 nitrogen and oxygen atoms in total. The maximum atomic E-state index is 11.6. The zero-order chi connectivity index (χ0) is 13.0. The third-order valence-electron chi connectivity index (χ3n) is 1.74. The number of sulfonamides is 1. The van der Waals surface area contributed by atoms with Crippen LogP contribution in [0, 0.1) is 5.41 Å². The molecule has 0 saturated carbocycles. The maximum Gasteiger partial charge on any atom is 0.228 e. The van der Waals surface area contributed by atoms with Crippen LogP contribution in [0.2, 0.25) is 0 Å². The fourth-order valence-corrected chi connectivity index (χ4v) is 4.61. The number of nitrogens with zero attached hydrogens (tertiary/aromatic N) is 1. The summed E-state index contributed by atoms with van der Waals surface area (Å²) >= 11 is 0. The molecule has 0 spiro atoms. The highest BCUT2D eigenvalue weighted by Gasteiger charge is 2.25. The van der Waals surface area contributed by atoms with E-state index in [1.165, 1.54) is 0 Å². The Bertz CT molecular complexity index is 440. The van der Waals surface area contributed by atoms with Gasteiger partial charge in [-0.05, 0) is 0 Å². The lowest BCUT2D eigenvalue weighted by Gasteiger charge is -2.19. The summed E-state index contributed by atoms with van der Waals surface area (Å²) in [7, 11) is -7.42. The number of hydrogen-bond acceptors (Lipinski definition) is 5. The summed E-state index contributed by atoms with van der Waals surface area (Å²) in [5.41, 5.74) is 5.11. The summed E-state index contributed by atoms with van der Waals surface area (Å²) in [4.78, 5) is 0. The van der Waals surface area contributed by atoms with Gasteiger partial charge in [0.25, 0.3) is 0 Å². The van der Waals surface area contributed by atoms with Gasteiger partial charge in [0.1, 0.15) is 0 Å². The molecule has 96 valence electrons. The first-order chi connectivity index (χ1) is 7.08. The van der Waals surface area contributed by atoms with Gasteiger partial charge in [-0.3, -0.25) is 5.41 Å². The largest absolute Gasteiger partial charge is 0.388 e. The molecule has 3 N–H and O–H groups in total. The van der Waals surface area contributed by atoms with Gasteiger partial charge in [0.05, 0.1) is 5.84 Å². The van der Waals surface area contributed by atoms with Gasteiger partial charge >= 0.3 is 0 Å². The molecule has 0 aliphatic heterocycles. The molecule has 0 radical (unpaired) electrons. The molecular formula is C7H17N3O4S2. The molecule has 0 aliphatic carbocycles. The Balaban J connectivity index is 4.75. The summed E-state index contributed by atoms with van der Waals surface area (Å²) in [5, 5.41) is 6.07. The van der Waals surface area contributed by atoms with Crippen molar-refractivity contribution in [3.05, 3.63) is 0 Å². The van der Waals surface area contributed by atoms with Gasteiger partial charge in [-0.2, -0.15) is 0 Å². The Hall–Kier alpha value is -0.670. The van der Waals surface area contributed by atoms with E-state index >= 15 is 0 Å². The Labute approximate surface area is 96.1 Å². The van der Waals surface area contributed by atoms with Gasteiger partial charge in [0.2, 0.25) is 10.0 Å². The third kappa shape index (κ3) is 6.03. The number of hydrogen-bond donors (Lipinski definition) is 2. The van der Waals surface area contributed by atoms with Gasteiger partial charge in [-0.1, -0.05) is 6.92 Å². The van der Waals surface area contributed by atoms with Crippen LogP contribution in [-0.4, -0.2) is 51.4 Å². The van der Waals surface area contributed by atoms with Crippen molar-refractivity contribution in [1.82, 2.24) is 4.31 Å². The maximum absolute atomic E-state index is 11.6. The van der Waals surface area contributed by atoms with Gasteiger partial charge in [-0.15, -0.1) is 0 Å². The minimum atomic E-state index is -3.83. The summed E-state index contributed by atoms with van der Waals surface area (Å²) < 4.78 is 46.1. The molecule has 0 fully saturated rings. The lowest BCUT2D eigenvalue weighted by Crippen LogP contribution is -2.37. The van der Waals surface area contributed by atoms with Crippen molar-refractivity contribution in [2.24, 2.45) is 5.73 Å². The summed E-state index contributed by atoms with van der Waals surface area (Å²) in [6.07, 6.45) is 0.959. The monoisotopic (exact) mass is 271 g/mol. The summed E-state index contributed by atoms with van der Waals surface area (Å²) in [6, 6.07) is 0. The average molecular weight is 271 g/mol. The van der Waals surface area contributed by atoms with Crippen molar-refractivity contribution in [2.45, 2.75) is 13.3 Å². The predicted molar refractivity (Wildman–Crippen MR) is 62.4 cm³/mol. The SMILES string of the molecule is CCN(CCC(=N)N)S(=O)(=O)CS(C)(=O)=O. The summed E-state index contributed by atoms with van der Waals surface area (Å²) in [5.74, 6) is -0.131. The average Bonchev–Trinajstić information content (AvgIpc) is 1.98. The molecule has 0 amide bonds. The smallest absolute Gasteiger partial charge is 0.228 e. The van der Waals surface area contributed by atoms with Gasteiger partial charge in [0.15, 0.2) is 14.9 Å². The first kappa shape index (κ1) is 15.3. The van der Waals surface area contributed by atoms with Crippen LogP contribution < -0.4 is 5.73 Å². The highest BCUT2D eigenvalue weighted by Crippen LogP contribution is 2.05. The lowest BCUT2D eigenvalue weighted by atomic mass is 10.4.